The van der Waals surface area contributed by atoms with Crippen LogP contribution in [0.1, 0.15) is 20.8 Å². The molecule has 7 heteroatoms. The maximum Gasteiger partial charge on any atom is 0.263 e. The van der Waals surface area contributed by atoms with Gasteiger partial charge in [0.15, 0.2) is 6.10 Å². The molecule has 1 aliphatic heterocycles. The summed E-state index contributed by atoms with van der Waals surface area (Å²) in [7, 11) is 0. The lowest BCUT2D eigenvalue weighted by molar-refractivity contribution is -0.139. The van der Waals surface area contributed by atoms with Crippen molar-refractivity contribution in [2.75, 3.05) is 13.1 Å². The van der Waals surface area contributed by atoms with Gasteiger partial charge in [0.2, 0.25) is 0 Å². The van der Waals surface area contributed by atoms with Crippen LogP contribution in [-0.4, -0.2) is 47.1 Å². The summed E-state index contributed by atoms with van der Waals surface area (Å²) < 4.78 is 19.4. The Hall–Kier alpha value is -2.70. The van der Waals surface area contributed by atoms with Gasteiger partial charge in [0.05, 0.1) is 10.5 Å². The quantitative estimate of drug-likeness (QED) is 0.639. The number of halogens is 2. The topological polar surface area (TPSA) is 54.5 Å². The minimum absolute atomic E-state index is 0.0277. The molecule has 1 amide bonds. The molecule has 4 rings (SSSR count). The Morgan fingerprint density at radius 1 is 1.16 bits per heavy atom. The number of hydrogen-bond donors (Lipinski definition) is 1. The molecule has 1 fully saturated rings. The van der Waals surface area contributed by atoms with E-state index in [4.69, 9.17) is 16.3 Å². The van der Waals surface area contributed by atoms with Crippen LogP contribution in [0.5, 0.6) is 5.75 Å². The van der Waals surface area contributed by atoms with Crippen LogP contribution in [-0.2, 0) is 4.79 Å². The van der Waals surface area contributed by atoms with E-state index in [1.807, 2.05) is 29.2 Å². The molecule has 2 heterocycles. The largest absolute Gasteiger partial charge is 0.481 e. The number of ether oxygens (including phenoxy) is 1. The van der Waals surface area contributed by atoms with E-state index >= 15 is 0 Å². The van der Waals surface area contributed by atoms with Crippen molar-refractivity contribution in [1.82, 2.24) is 15.2 Å². The number of amides is 1. The zero-order chi connectivity index (χ0) is 22.1. The van der Waals surface area contributed by atoms with Crippen molar-refractivity contribution in [3.05, 3.63) is 59.5 Å². The van der Waals surface area contributed by atoms with Crippen molar-refractivity contribution in [1.29, 1.82) is 0 Å². The average Bonchev–Trinajstić information content (AvgIpc) is 2.72. The first kappa shape index (κ1) is 21.5. The van der Waals surface area contributed by atoms with E-state index in [9.17, 15) is 9.18 Å². The van der Waals surface area contributed by atoms with Crippen molar-refractivity contribution >= 4 is 28.4 Å². The standard InChI is InChI=1S/C24H25ClFN3O2/c1-14-12-29(13-15(2)28-14)24(30)16(3)31-18-5-7-21-19(8-9-27-23(21)11-18)20-6-4-17(26)10-22(20)25/h4-11,14-16,28H,12-13H2,1-3H3/t14?,15?,16-/m1/s1. The predicted molar refractivity (Wildman–Crippen MR) is 121 cm³/mol. The summed E-state index contributed by atoms with van der Waals surface area (Å²) in [4.78, 5) is 19.2. The maximum absolute atomic E-state index is 13.4. The Labute approximate surface area is 186 Å². The Bertz CT molecular complexity index is 1110. The molecular formula is C24H25ClFN3O2. The second-order valence-corrected chi connectivity index (χ2v) is 8.54. The van der Waals surface area contributed by atoms with Crippen LogP contribution in [0.2, 0.25) is 5.02 Å². The van der Waals surface area contributed by atoms with Gasteiger partial charge in [-0.3, -0.25) is 9.78 Å². The Kier molecular flexibility index (Phi) is 6.12. The number of carbonyl (C=O) groups excluding carboxylic acids is 1. The monoisotopic (exact) mass is 441 g/mol. The van der Waals surface area contributed by atoms with Gasteiger partial charge in [0.1, 0.15) is 11.6 Å². The zero-order valence-electron chi connectivity index (χ0n) is 17.7. The average molecular weight is 442 g/mol. The normalized spacial score (nSPS) is 20.0. The second kappa shape index (κ2) is 8.81. The fraction of sp³-hybridized carbons (Fsp3) is 0.333. The highest BCUT2D eigenvalue weighted by Gasteiger charge is 2.28. The van der Waals surface area contributed by atoms with Gasteiger partial charge in [-0.15, -0.1) is 0 Å². The van der Waals surface area contributed by atoms with E-state index in [-0.39, 0.29) is 23.8 Å². The summed E-state index contributed by atoms with van der Waals surface area (Å²) >= 11 is 6.26. The molecule has 1 aromatic heterocycles. The van der Waals surface area contributed by atoms with Crippen molar-refractivity contribution < 1.29 is 13.9 Å². The summed E-state index contributed by atoms with van der Waals surface area (Å²) in [6.07, 6.45) is 1.07. The highest BCUT2D eigenvalue weighted by atomic mass is 35.5. The molecule has 162 valence electrons. The smallest absolute Gasteiger partial charge is 0.263 e. The highest BCUT2D eigenvalue weighted by molar-refractivity contribution is 6.33. The SMILES string of the molecule is CC1CN(C(=O)[C@@H](C)Oc2ccc3c(-c4ccc(F)cc4Cl)ccnc3c2)CC(C)N1. The number of rotatable bonds is 4. The Morgan fingerprint density at radius 3 is 2.61 bits per heavy atom. The summed E-state index contributed by atoms with van der Waals surface area (Å²) in [5, 5.41) is 4.63. The first-order valence-electron chi connectivity index (χ1n) is 10.4. The lowest BCUT2D eigenvalue weighted by atomic mass is 10.0. The van der Waals surface area contributed by atoms with Crippen molar-refractivity contribution in [3.63, 3.8) is 0 Å². The van der Waals surface area contributed by atoms with E-state index < -0.39 is 6.10 Å². The fourth-order valence-electron chi connectivity index (χ4n) is 4.16. The third kappa shape index (κ3) is 4.65. The minimum atomic E-state index is -0.607. The minimum Gasteiger partial charge on any atom is -0.481 e. The summed E-state index contributed by atoms with van der Waals surface area (Å²) in [5.41, 5.74) is 2.29. The molecule has 5 nitrogen and oxygen atoms in total. The van der Waals surface area contributed by atoms with Crippen LogP contribution in [0.25, 0.3) is 22.0 Å². The number of nitrogens with zero attached hydrogens (tertiary/aromatic N) is 2. The van der Waals surface area contributed by atoms with Crippen molar-refractivity contribution in [2.24, 2.45) is 0 Å². The molecule has 0 bridgehead atoms. The number of hydrogen-bond acceptors (Lipinski definition) is 4. The van der Waals surface area contributed by atoms with Gasteiger partial charge in [0, 0.05) is 48.4 Å². The van der Waals surface area contributed by atoms with Crippen molar-refractivity contribution in [2.45, 2.75) is 39.0 Å². The van der Waals surface area contributed by atoms with Gasteiger partial charge in [-0.25, -0.2) is 4.39 Å². The van der Waals surface area contributed by atoms with Gasteiger partial charge < -0.3 is 15.0 Å². The number of benzene rings is 2. The molecule has 0 saturated carbocycles. The number of fused-ring (bicyclic) bond motifs is 1. The van der Waals surface area contributed by atoms with Gasteiger partial charge in [0.25, 0.3) is 5.91 Å². The summed E-state index contributed by atoms with van der Waals surface area (Å²) in [6, 6.07) is 12.2. The Balaban J connectivity index is 1.56. The van der Waals surface area contributed by atoms with Crippen LogP contribution in [0, 0.1) is 5.82 Å². The lowest BCUT2D eigenvalue weighted by Crippen LogP contribution is -2.57. The van der Waals surface area contributed by atoms with Gasteiger partial charge in [-0.2, -0.15) is 0 Å². The number of nitrogens with one attached hydrogen (secondary N) is 1. The number of piperazine rings is 1. The first-order chi connectivity index (χ1) is 14.8. The van der Waals surface area contributed by atoms with Crippen molar-refractivity contribution in [3.8, 4) is 16.9 Å². The Morgan fingerprint density at radius 2 is 1.90 bits per heavy atom. The number of carbonyl (C=O) groups is 1. The molecule has 1 saturated heterocycles. The predicted octanol–water partition coefficient (Wildman–Crippen LogP) is 4.67. The molecular weight excluding hydrogens is 417 g/mol. The molecule has 31 heavy (non-hydrogen) atoms. The van der Waals surface area contributed by atoms with E-state index in [1.54, 1.807) is 19.2 Å². The molecule has 2 unspecified atom stereocenters. The molecule has 1 N–H and O–H groups in total. The van der Waals surface area contributed by atoms with Crippen LogP contribution < -0.4 is 10.1 Å². The third-order valence-electron chi connectivity index (χ3n) is 5.47. The third-order valence-corrected chi connectivity index (χ3v) is 5.78. The highest BCUT2D eigenvalue weighted by Crippen LogP contribution is 2.34. The zero-order valence-corrected chi connectivity index (χ0v) is 18.5. The van der Waals surface area contributed by atoms with E-state index in [0.29, 0.717) is 29.4 Å². The maximum atomic E-state index is 13.4. The van der Waals surface area contributed by atoms with E-state index in [0.717, 1.165) is 16.5 Å². The van der Waals surface area contributed by atoms with Gasteiger partial charge in [-0.1, -0.05) is 11.6 Å². The summed E-state index contributed by atoms with van der Waals surface area (Å²) in [5.74, 6) is 0.161. The molecule has 0 aliphatic carbocycles. The molecule has 2 aromatic carbocycles. The molecule has 3 aromatic rings. The van der Waals surface area contributed by atoms with E-state index in [1.165, 1.54) is 12.1 Å². The fourth-order valence-corrected chi connectivity index (χ4v) is 4.43. The van der Waals surface area contributed by atoms with Crippen LogP contribution >= 0.6 is 11.6 Å². The summed E-state index contributed by atoms with van der Waals surface area (Å²) in [6.45, 7) is 7.24. The number of aromatic nitrogens is 1. The van der Waals surface area contributed by atoms with Crippen LogP contribution in [0.15, 0.2) is 48.7 Å². The van der Waals surface area contributed by atoms with Crippen LogP contribution in [0.4, 0.5) is 4.39 Å². The van der Waals surface area contributed by atoms with Gasteiger partial charge in [-0.05, 0) is 62.7 Å². The van der Waals surface area contributed by atoms with Crippen LogP contribution in [0.3, 0.4) is 0 Å². The molecule has 1 aliphatic rings. The molecule has 0 spiro atoms. The molecule has 0 radical (unpaired) electrons. The van der Waals surface area contributed by atoms with E-state index in [2.05, 4.69) is 24.1 Å². The first-order valence-corrected chi connectivity index (χ1v) is 10.8. The molecule has 3 atom stereocenters. The second-order valence-electron chi connectivity index (χ2n) is 8.13. The number of pyridine rings is 1. The lowest BCUT2D eigenvalue weighted by Gasteiger charge is -2.37. The van der Waals surface area contributed by atoms with Gasteiger partial charge >= 0.3 is 0 Å².